The molecule has 0 radical (unpaired) electrons. The molecule has 2 N–H and O–H groups in total. The molecule has 1 fully saturated rings. The van der Waals surface area contributed by atoms with Crippen molar-refractivity contribution in [3.8, 4) is 0 Å². The molecule has 1 heterocycles. The van der Waals surface area contributed by atoms with E-state index in [2.05, 4.69) is 10.6 Å². The molecule has 2 rings (SSSR count). The van der Waals surface area contributed by atoms with Crippen LogP contribution in [0.1, 0.15) is 18.1 Å². The Kier molecular flexibility index (Phi) is 6.22. The van der Waals surface area contributed by atoms with Gasteiger partial charge in [0.1, 0.15) is 6.04 Å². The second-order valence-corrected chi connectivity index (χ2v) is 5.02. The van der Waals surface area contributed by atoms with Gasteiger partial charge in [-0.3, -0.25) is 4.79 Å². The maximum Gasteiger partial charge on any atom is 0.416 e. The van der Waals surface area contributed by atoms with Crippen LogP contribution in [0, 0.1) is 6.92 Å². The van der Waals surface area contributed by atoms with E-state index in [9.17, 15) is 18.0 Å². The maximum absolute atomic E-state index is 12.7. The first-order valence-corrected chi connectivity index (χ1v) is 6.63. The number of carbonyl (C=O) groups excluding carboxylic acids is 1. The number of hydrogen-bond donors (Lipinski definition) is 2. The molecule has 4 nitrogen and oxygen atoms in total. The van der Waals surface area contributed by atoms with Gasteiger partial charge < -0.3 is 15.4 Å². The number of rotatable bonds is 2. The van der Waals surface area contributed by atoms with Crippen molar-refractivity contribution in [1.29, 1.82) is 0 Å². The number of alkyl halides is 3. The number of amides is 1. The van der Waals surface area contributed by atoms with Crippen molar-refractivity contribution in [3.63, 3.8) is 0 Å². The van der Waals surface area contributed by atoms with Crippen molar-refractivity contribution in [1.82, 2.24) is 5.32 Å². The number of anilines is 1. The van der Waals surface area contributed by atoms with Crippen LogP contribution in [0.5, 0.6) is 0 Å². The SMILES string of the molecule is Cc1ccc(C(F)(F)F)cc1NC(=O)[C@H]1NCCO[C@@H]1C.Cl. The first-order chi connectivity index (χ1) is 9.79. The Hall–Kier alpha value is -1.31. The minimum absolute atomic E-state index is 0. The summed E-state index contributed by atoms with van der Waals surface area (Å²) < 4.78 is 43.5. The molecule has 1 aromatic carbocycles. The predicted molar refractivity (Wildman–Crippen MR) is 79.3 cm³/mol. The molecular weight excluding hydrogens is 321 g/mol. The van der Waals surface area contributed by atoms with Crippen molar-refractivity contribution >= 4 is 24.0 Å². The van der Waals surface area contributed by atoms with Gasteiger partial charge in [-0.1, -0.05) is 6.07 Å². The third-order valence-corrected chi connectivity index (χ3v) is 3.42. The van der Waals surface area contributed by atoms with Crippen molar-refractivity contribution in [2.75, 3.05) is 18.5 Å². The highest BCUT2D eigenvalue weighted by molar-refractivity contribution is 5.96. The lowest BCUT2D eigenvalue weighted by Gasteiger charge is -2.29. The molecule has 0 unspecified atom stereocenters. The van der Waals surface area contributed by atoms with Crippen LogP contribution in [0.25, 0.3) is 0 Å². The molecule has 1 aliphatic heterocycles. The lowest BCUT2D eigenvalue weighted by Crippen LogP contribution is -2.53. The van der Waals surface area contributed by atoms with E-state index in [0.717, 1.165) is 12.1 Å². The zero-order chi connectivity index (χ0) is 15.6. The second kappa shape index (κ2) is 7.30. The van der Waals surface area contributed by atoms with E-state index in [1.807, 2.05) is 0 Å². The summed E-state index contributed by atoms with van der Waals surface area (Å²) in [6.45, 7) is 4.43. The summed E-state index contributed by atoms with van der Waals surface area (Å²) in [5, 5.41) is 5.54. The number of nitrogens with one attached hydrogen (secondary N) is 2. The molecule has 1 saturated heterocycles. The Bertz CT molecular complexity index is 537. The highest BCUT2D eigenvalue weighted by atomic mass is 35.5. The monoisotopic (exact) mass is 338 g/mol. The van der Waals surface area contributed by atoms with Crippen molar-refractivity contribution in [2.24, 2.45) is 0 Å². The fourth-order valence-electron chi connectivity index (χ4n) is 2.17. The van der Waals surface area contributed by atoms with Crippen LogP contribution in [-0.4, -0.2) is 31.2 Å². The molecule has 0 aromatic heterocycles. The van der Waals surface area contributed by atoms with Crippen LogP contribution < -0.4 is 10.6 Å². The summed E-state index contributed by atoms with van der Waals surface area (Å²) in [7, 11) is 0. The Morgan fingerprint density at radius 1 is 1.41 bits per heavy atom. The minimum Gasteiger partial charge on any atom is -0.375 e. The summed E-state index contributed by atoms with van der Waals surface area (Å²) in [5.74, 6) is -0.398. The number of benzene rings is 1. The number of morpholine rings is 1. The fraction of sp³-hybridized carbons (Fsp3) is 0.500. The van der Waals surface area contributed by atoms with Gasteiger partial charge in [-0.05, 0) is 31.5 Å². The average Bonchev–Trinajstić information content (AvgIpc) is 2.40. The van der Waals surface area contributed by atoms with E-state index in [1.54, 1.807) is 13.8 Å². The number of ether oxygens (including phenoxy) is 1. The van der Waals surface area contributed by atoms with Gasteiger partial charge in [-0.2, -0.15) is 13.2 Å². The number of aryl methyl sites for hydroxylation is 1. The van der Waals surface area contributed by atoms with Gasteiger partial charge in [0.25, 0.3) is 0 Å². The van der Waals surface area contributed by atoms with Gasteiger partial charge in [0, 0.05) is 12.2 Å². The molecule has 2 atom stereocenters. The van der Waals surface area contributed by atoms with E-state index in [1.165, 1.54) is 6.07 Å². The third kappa shape index (κ3) is 4.34. The summed E-state index contributed by atoms with van der Waals surface area (Å²) >= 11 is 0. The Balaban J connectivity index is 0.00000242. The molecule has 124 valence electrons. The molecule has 0 bridgehead atoms. The molecule has 1 amide bonds. The van der Waals surface area contributed by atoms with Crippen molar-refractivity contribution in [2.45, 2.75) is 32.2 Å². The lowest BCUT2D eigenvalue weighted by molar-refractivity contribution is -0.137. The van der Waals surface area contributed by atoms with Crippen LogP contribution in [0.15, 0.2) is 18.2 Å². The first kappa shape index (κ1) is 18.7. The van der Waals surface area contributed by atoms with Gasteiger partial charge in [0.2, 0.25) is 5.91 Å². The van der Waals surface area contributed by atoms with E-state index < -0.39 is 23.7 Å². The van der Waals surface area contributed by atoms with Crippen LogP contribution >= 0.6 is 12.4 Å². The van der Waals surface area contributed by atoms with Crippen LogP contribution in [0.3, 0.4) is 0 Å². The van der Waals surface area contributed by atoms with Gasteiger partial charge in [0.05, 0.1) is 18.3 Å². The van der Waals surface area contributed by atoms with Crippen molar-refractivity contribution in [3.05, 3.63) is 29.3 Å². The fourth-order valence-corrected chi connectivity index (χ4v) is 2.17. The summed E-state index contributed by atoms with van der Waals surface area (Å²) in [4.78, 5) is 12.2. The van der Waals surface area contributed by atoms with Gasteiger partial charge in [-0.25, -0.2) is 0 Å². The lowest BCUT2D eigenvalue weighted by atomic mass is 10.1. The average molecular weight is 339 g/mol. The summed E-state index contributed by atoms with van der Waals surface area (Å²) in [6, 6.07) is 2.71. The zero-order valence-electron chi connectivity index (χ0n) is 12.2. The van der Waals surface area contributed by atoms with Gasteiger partial charge in [-0.15, -0.1) is 12.4 Å². The smallest absolute Gasteiger partial charge is 0.375 e. The Morgan fingerprint density at radius 2 is 2.09 bits per heavy atom. The highest BCUT2D eigenvalue weighted by Gasteiger charge is 2.32. The van der Waals surface area contributed by atoms with E-state index in [4.69, 9.17) is 4.74 Å². The second-order valence-electron chi connectivity index (χ2n) is 5.02. The zero-order valence-corrected chi connectivity index (χ0v) is 13.0. The Labute approximate surface area is 132 Å². The summed E-state index contributed by atoms with van der Waals surface area (Å²) in [6.07, 6.45) is -4.77. The molecule has 0 saturated carbocycles. The Morgan fingerprint density at radius 3 is 2.68 bits per heavy atom. The van der Waals surface area contributed by atoms with Crippen molar-refractivity contribution < 1.29 is 22.7 Å². The molecule has 8 heteroatoms. The quantitative estimate of drug-likeness (QED) is 0.872. The summed E-state index contributed by atoms with van der Waals surface area (Å²) in [5.41, 5.74) is -0.0561. The molecule has 0 spiro atoms. The predicted octanol–water partition coefficient (Wildman–Crippen LogP) is 2.75. The molecule has 22 heavy (non-hydrogen) atoms. The molecule has 0 aliphatic carbocycles. The third-order valence-electron chi connectivity index (χ3n) is 3.42. The van der Waals surface area contributed by atoms with Crippen LogP contribution in [-0.2, 0) is 15.7 Å². The minimum atomic E-state index is -4.44. The van der Waals surface area contributed by atoms with Crippen LogP contribution in [0.4, 0.5) is 18.9 Å². The van der Waals surface area contributed by atoms with Gasteiger partial charge >= 0.3 is 6.18 Å². The highest BCUT2D eigenvalue weighted by Crippen LogP contribution is 2.32. The molecular formula is C14H18ClF3N2O2. The number of hydrogen-bond acceptors (Lipinski definition) is 3. The maximum atomic E-state index is 12.7. The van der Waals surface area contributed by atoms with E-state index in [0.29, 0.717) is 18.7 Å². The first-order valence-electron chi connectivity index (χ1n) is 6.63. The largest absolute Gasteiger partial charge is 0.416 e. The van der Waals surface area contributed by atoms with E-state index in [-0.39, 0.29) is 24.2 Å². The molecule has 1 aromatic rings. The van der Waals surface area contributed by atoms with Gasteiger partial charge in [0.15, 0.2) is 0 Å². The molecule has 1 aliphatic rings. The number of carbonyl (C=O) groups is 1. The van der Waals surface area contributed by atoms with E-state index >= 15 is 0 Å². The topological polar surface area (TPSA) is 50.4 Å². The standard InChI is InChI=1S/C14H17F3N2O2.ClH/c1-8-3-4-10(14(15,16)17)7-11(8)19-13(20)12-9(2)21-6-5-18-12;/h3-4,7,9,12,18H,5-6H2,1-2H3,(H,19,20);1H/t9-,12+;/m1./s1. The van der Waals surface area contributed by atoms with Crippen LogP contribution in [0.2, 0.25) is 0 Å². The number of halogens is 4. The normalized spacial score (nSPS) is 21.9.